The molecule has 13 heteroatoms. The summed E-state index contributed by atoms with van der Waals surface area (Å²) in [6.45, 7) is 7.17. The summed E-state index contributed by atoms with van der Waals surface area (Å²) in [7, 11) is 1.58. The number of amides is 4. The van der Waals surface area contributed by atoms with Gasteiger partial charge in [0.05, 0.1) is 40.4 Å². The second-order valence-electron chi connectivity index (χ2n) is 12.9. The van der Waals surface area contributed by atoms with Crippen LogP contribution in [-0.2, 0) is 27.2 Å². The molecule has 1 aliphatic rings. The molecule has 5 aromatic rings. The van der Waals surface area contributed by atoms with Gasteiger partial charge in [-0.05, 0) is 68.3 Å². The number of anilines is 1. The van der Waals surface area contributed by atoms with E-state index in [9.17, 15) is 14.4 Å². The Kier molecular flexibility index (Phi) is 10.6. The average Bonchev–Trinajstić information content (AvgIpc) is 3.72. The lowest BCUT2D eigenvalue weighted by atomic mass is 10.1. The van der Waals surface area contributed by atoms with E-state index in [1.54, 1.807) is 41.4 Å². The first-order valence-electron chi connectivity index (χ1n) is 16.4. The number of pyridine rings is 2. The highest BCUT2D eigenvalue weighted by Crippen LogP contribution is 2.39. The van der Waals surface area contributed by atoms with E-state index in [0.29, 0.717) is 53.5 Å². The van der Waals surface area contributed by atoms with E-state index in [-0.39, 0.29) is 18.7 Å². The van der Waals surface area contributed by atoms with Gasteiger partial charge in [-0.3, -0.25) is 24.6 Å². The molecule has 0 N–H and O–H groups in total. The van der Waals surface area contributed by atoms with Gasteiger partial charge in [0.1, 0.15) is 11.4 Å². The first-order valence-corrected chi connectivity index (χ1v) is 17.2. The van der Waals surface area contributed by atoms with Gasteiger partial charge in [0.2, 0.25) is 5.91 Å². The number of para-hydroxylation sites is 1. The van der Waals surface area contributed by atoms with Crippen molar-refractivity contribution in [3.63, 3.8) is 0 Å². The lowest BCUT2D eigenvalue weighted by Gasteiger charge is -2.27. The molecule has 1 fully saturated rings. The molecule has 1 aliphatic heterocycles. The number of aromatic nitrogens is 2. The molecule has 0 spiro atoms. The molecule has 2 aromatic carbocycles. The van der Waals surface area contributed by atoms with E-state index < -0.39 is 29.4 Å². The Balaban J connectivity index is 1.12. The van der Waals surface area contributed by atoms with Gasteiger partial charge < -0.3 is 19.1 Å². The molecule has 0 aliphatic carbocycles. The number of urea groups is 1. The molecule has 4 heterocycles. The van der Waals surface area contributed by atoms with Crippen molar-refractivity contribution in [2.75, 3.05) is 38.3 Å². The van der Waals surface area contributed by atoms with E-state index in [2.05, 4.69) is 9.97 Å². The van der Waals surface area contributed by atoms with Gasteiger partial charge in [-0.25, -0.2) is 14.0 Å². The maximum absolute atomic E-state index is 15.3. The van der Waals surface area contributed by atoms with Crippen LogP contribution in [0.4, 0.5) is 19.7 Å². The van der Waals surface area contributed by atoms with Gasteiger partial charge in [0.15, 0.2) is 11.6 Å². The normalized spacial score (nSPS) is 13.2. The predicted molar refractivity (Wildman–Crippen MR) is 192 cm³/mol. The third-order valence-corrected chi connectivity index (χ3v) is 9.15. The Bertz CT molecular complexity index is 2030. The predicted octanol–water partition coefficient (Wildman–Crippen LogP) is 7.68. The number of fused-ring (bicyclic) bond motifs is 1. The first-order chi connectivity index (χ1) is 24.5. The van der Waals surface area contributed by atoms with Gasteiger partial charge in [-0.15, -0.1) is 11.3 Å². The molecular formula is C38H38FN5O6S. The SMILES string of the molecule is COCCN(Cc1ccc(-c2cc3nccc(Oc4ccc(CC(=O)N5CCN(c6ccccc6)C5=O)cc4F)c3s2)nc1)C(=O)OC(C)(C)C. The number of benzene rings is 2. The third kappa shape index (κ3) is 8.50. The molecule has 6 rings (SSSR count). The van der Waals surface area contributed by atoms with Gasteiger partial charge >= 0.3 is 12.1 Å². The third-order valence-electron chi connectivity index (χ3n) is 7.99. The van der Waals surface area contributed by atoms with Crippen molar-refractivity contribution >= 4 is 45.3 Å². The minimum absolute atomic E-state index is 0.00774. The molecule has 0 saturated carbocycles. The molecule has 0 bridgehead atoms. The van der Waals surface area contributed by atoms with Crippen LogP contribution in [-0.4, -0.2) is 76.8 Å². The van der Waals surface area contributed by atoms with Gasteiger partial charge in [0, 0.05) is 50.9 Å². The second-order valence-corrected chi connectivity index (χ2v) is 14.0. The molecule has 264 valence electrons. The Labute approximate surface area is 299 Å². The summed E-state index contributed by atoms with van der Waals surface area (Å²) < 4.78 is 32.8. The van der Waals surface area contributed by atoms with Crippen LogP contribution in [0.5, 0.6) is 11.5 Å². The average molecular weight is 712 g/mol. The largest absolute Gasteiger partial charge is 0.453 e. The number of carbonyl (C=O) groups is 3. The summed E-state index contributed by atoms with van der Waals surface area (Å²) in [6.07, 6.45) is 2.75. The number of hydrogen-bond acceptors (Lipinski definition) is 9. The Morgan fingerprint density at radius 1 is 0.961 bits per heavy atom. The van der Waals surface area contributed by atoms with Gasteiger partial charge in [0.25, 0.3) is 0 Å². The van der Waals surface area contributed by atoms with Crippen LogP contribution in [0, 0.1) is 5.82 Å². The van der Waals surface area contributed by atoms with E-state index >= 15 is 4.39 Å². The summed E-state index contributed by atoms with van der Waals surface area (Å²) in [5.74, 6) is -0.623. The Morgan fingerprint density at radius 3 is 2.45 bits per heavy atom. The summed E-state index contributed by atoms with van der Waals surface area (Å²) in [4.78, 5) is 53.0. The molecule has 4 amide bonds. The Hall–Kier alpha value is -5.40. The summed E-state index contributed by atoms with van der Waals surface area (Å²) in [6, 6.07) is 20.5. The molecule has 3 aromatic heterocycles. The van der Waals surface area contributed by atoms with Crippen LogP contribution in [0.3, 0.4) is 0 Å². The van der Waals surface area contributed by atoms with Crippen LogP contribution < -0.4 is 9.64 Å². The second kappa shape index (κ2) is 15.2. The summed E-state index contributed by atoms with van der Waals surface area (Å²) in [5.41, 5.74) is 2.72. The molecular weight excluding hydrogens is 674 g/mol. The zero-order valence-corrected chi connectivity index (χ0v) is 29.6. The lowest BCUT2D eigenvalue weighted by Crippen LogP contribution is -2.38. The summed E-state index contributed by atoms with van der Waals surface area (Å²) in [5, 5.41) is 0. The monoisotopic (exact) mass is 711 g/mol. The highest BCUT2D eigenvalue weighted by molar-refractivity contribution is 7.22. The van der Waals surface area contributed by atoms with Crippen molar-refractivity contribution in [1.29, 1.82) is 0 Å². The Morgan fingerprint density at radius 2 is 1.75 bits per heavy atom. The van der Waals surface area contributed by atoms with E-state index in [1.807, 2.05) is 69.3 Å². The fraction of sp³-hybridized carbons (Fsp3) is 0.289. The van der Waals surface area contributed by atoms with E-state index in [4.69, 9.17) is 14.2 Å². The van der Waals surface area contributed by atoms with Crippen LogP contribution in [0.15, 0.2) is 85.2 Å². The van der Waals surface area contributed by atoms with Crippen LogP contribution in [0.25, 0.3) is 20.8 Å². The van der Waals surface area contributed by atoms with Crippen molar-refractivity contribution in [3.05, 3.63) is 102 Å². The first kappa shape index (κ1) is 35.4. The highest BCUT2D eigenvalue weighted by Gasteiger charge is 2.34. The maximum atomic E-state index is 15.3. The number of thiophene rings is 1. The topological polar surface area (TPSA) is 114 Å². The number of nitrogens with zero attached hydrogens (tertiary/aromatic N) is 5. The van der Waals surface area contributed by atoms with Gasteiger partial charge in [-0.2, -0.15) is 0 Å². The minimum Gasteiger partial charge on any atom is -0.453 e. The van der Waals surface area contributed by atoms with Crippen LogP contribution in [0.2, 0.25) is 0 Å². The fourth-order valence-electron chi connectivity index (χ4n) is 5.51. The van der Waals surface area contributed by atoms with Crippen LogP contribution >= 0.6 is 11.3 Å². The zero-order valence-electron chi connectivity index (χ0n) is 28.8. The van der Waals surface area contributed by atoms with Crippen molar-refractivity contribution < 1.29 is 33.0 Å². The highest BCUT2D eigenvalue weighted by atomic mass is 32.1. The van der Waals surface area contributed by atoms with Crippen molar-refractivity contribution in [3.8, 4) is 22.1 Å². The number of hydrogen-bond donors (Lipinski definition) is 0. The number of imide groups is 1. The van der Waals surface area contributed by atoms with E-state index in [0.717, 1.165) is 16.1 Å². The number of carbonyl (C=O) groups excluding carboxylic acids is 3. The van der Waals surface area contributed by atoms with Crippen molar-refractivity contribution in [2.24, 2.45) is 0 Å². The van der Waals surface area contributed by atoms with Gasteiger partial charge in [-0.1, -0.05) is 30.3 Å². The molecule has 51 heavy (non-hydrogen) atoms. The van der Waals surface area contributed by atoms with E-state index in [1.165, 1.54) is 28.4 Å². The van der Waals surface area contributed by atoms with Crippen molar-refractivity contribution in [2.45, 2.75) is 39.3 Å². The maximum Gasteiger partial charge on any atom is 0.410 e. The quantitative estimate of drug-likeness (QED) is 0.137. The molecule has 0 atom stereocenters. The number of halogens is 1. The molecule has 1 saturated heterocycles. The standard InChI is InChI=1S/C38H38FN5O6S/c1-38(2,3)50-37(47)42(18-19-48-4)24-26-10-12-29(41-23-26)33-22-30-35(51-33)32(14-15-40-30)49-31-13-11-25(20-28(31)39)21-34(45)44-17-16-43(36(44)46)27-8-6-5-7-9-27/h5-15,20,22-23H,16-19,21,24H2,1-4H3. The van der Waals surface area contributed by atoms with Crippen LogP contribution in [0.1, 0.15) is 31.9 Å². The molecule has 11 nitrogen and oxygen atoms in total. The fourth-order valence-corrected chi connectivity index (χ4v) is 6.55. The smallest absolute Gasteiger partial charge is 0.410 e. The van der Waals surface area contributed by atoms with Crippen molar-refractivity contribution in [1.82, 2.24) is 19.8 Å². The number of methoxy groups -OCH3 is 1. The minimum atomic E-state index is -0.635. The lowest BCUT2D eigenvalue weighted by molar-refractivity contribution is -0.126. The summed E-state index contributed by atoms with van der Waals surface area (Å²) >= 11 is 1.41. The number of ether oxygens (including phenoxy) is 3. The number of rotatable bonds is 11. The molecule has 0 radical (unpaired) electrons. The molecule has 0 unspecified atom stereocenters. The zero-order chi connectivity index (χ0) is 36.1.